The first kappa shape index (κ1) is 13.7. The quantitative estimate of drug-likeness (QED) is 0.436. The number of hydrogen-bond donors (Lipinski definition) is 0. The van der Waals surface area contributed by atoms with Gasteiger partial charge in [-0.2, -0.15) is 0 Å². The summed E-state index contributed by atoms with van der Waals surface area (Å²) < 4.78 is 1.07. The number of carbonyl (C=O) groups excluding carboxylic acids is 1. The highest BCUT2D eigenvalue weighted by atomic mass is 16.4. The van der Waals surface area contributed by atoms with E-state index in [2.05, 4.69) is 34.6 Å². The predicted octanol–water partition coefficient (Wildman–Crippen LogP) is 0.0249. The van der Waals surface area contributed by atoms with Gasteiger partial charge in [0.15, 0.2) is 0 Å². The van der Waals surface area contributed by atoms with Crippen molar-refractivity contribution in [2.24, 2.45) is 0 Å². The Balaban J connectivity index is 0. The van der Waals surface area contributed by atoms with Gasteiger partial charge in [-0.3, -0.25) is 0 Å². The molecule has 0 spiro atoms. The predicted molar refractivity (Wildman–Crippen MR) is 48.4 cm³/mol. The molecule has 0 saturated carbocycles. The number of rotatable bonds is 2. The number of quaternary nitrogens is 1. The molecular weight excluding hydrogens is 154 g/mol. The molecular formula is C9H19NO2. The summed E-state index contributed by atoms with van der Waals surface area (Å²) in [6.45, 7) is 7.87. The highest BCUT2D eigenvalue weighted by Gasteiger charge is 1.97. The van der Waals surface area contributed by atoms with Crippen molar-refractivity contribution in [3.8, 4) is 0 Å². The van der Waals surface area contributed by atoms with Gasteiger partial charge in [0.1, 0.15) is 0 Å². The van der Waals surface area contributed by atoms with Crippen LogP contribution in [-0.4, -0.2) is 38.1 Å². The van der Waals surface area contributed by atoms with Crippen LogP contribution in [0.15, 0.2) is 12.2 Å². The summed E-state index contributed by atoms with van der Waals surface area (Å²) in [7, 11) is 6.54. The SMILES string of the molecule is C=C(C)C(=O)[O-].CC[N+](C)(C)C. The van der Waals surface area contributed by atoms with Crippen molar-refractivity contribution < 1.29 is 14.4 Å². The zero-order chi connectivity index (χ0) is 10.4. The van der Waals surface area contributed by atoms with Gasteiger partial charge in [-0.1, -0.05) is 6.58 Å². The molecule has 0 aromatic carbocycles. The standard InChI is InChI=1S/C5H14N.C4H6O2/c1-5-6(2,3)4;1-3(2)4(5)6/h5H2,1-4H3;1H2,2H3,(H,5,6)/q+1;/p-1. The van der Waals surface area contributed by atoms with Crippen molar-refractivity contribution in [2.75, 3.05) is 27.7 Å². The maximum absolute atomic E-state index is 9.49. The Kier molecular flexibility index (Phi) is 6.61. The van der Waals surface area contributed by atoms with E-state index in [1.54, 1.807) is 0 Å². The van der Waals surface area contributed by atoms with E-state index in [4.69, 9.17) is 0 Å². The molecule has 72 valence electrons. The summed E-state index contributed by atoms with van der Waals surface area (Å²) in [6, 6.07) is 0. The summed E-state index contributed by atoms with van der Waals surface area (Å²) in [4.78, 5) is 9.49. The average molecular weight is 173 g/mol. The number of hydrogen-bond acceptors (Lipinski definition) is 2. The van der Waals surface area contributed by atoms with E-state index in [0.29, 0.717) is 0 Å². The van der Waals surface area contributed by atoms with Crippen molar-refractivity contribution in [1.82, 2.24) is 0 Å². The zero-order valence-electron chi connectivity index (χ0n) is 8.68. The van der Waals surface area contributed by atoms with Gasteiger partial charge in [0.2, 0.25) is 0 Å². The van der Waals surface area contributed by atoms with Gasteiger partial charge < -0.3 is 14.4 Å². The van der Waals surface area contributed by atoms with Crippen molar-refractivity contribution in [3.05, 3.63) is 12.2 Å². The Morgan fingerprint density at radius 3 is 1.58 bits per heavy atom. The van der Waals surface area contributed by atoms with Gasteiger partial charge in [0.25, 0.3) is 0 Å². The van der Waals surface area contributed by atoms with Crippen molar-refractivity contribution in [3.63, 3.8) is 0 Å². The molecule has 0 aromatic heterocycles. The van der Waals surface area contributed by atoms with E-state index >= 15 is 0 Å². The van der Waals surface area contributed by atoms with Crippen LogP contribution in [-0.2, 0) is 4.79 Å². The largest absolute Gasteiger partial charge is 0.545 e. The first-order valence-electron chi connectivity index (χ1n) is 3.88. The van der Waals surface area contributed by atoms with Crippen LogP contribution in [0.2, 0.25) is 0 Å². The smallest absolute Gasteiger partial charge is 0.0751 e. The van der Waals surface area contributed by atoms with Gasteiger partial charge in [-0.25, -0.2) is 0 Å². The number of nitrogens with zero attached hydrogens (tertiary/aromatic N) is 1. The molecule has 0 aliphatic rings. The molecule has 0 unspecified atom stereocenters. The van der Waals surface area contributed by atoms with E-state index in [1.807, 2.05) is 0 Å². The van der Waals surface area contributed by atoms with Crippen LogP contribution in [0.5, 0.6) is 0 Å². The van der Waals surface area contributed by atoms with E-state index in [9.17, 15) is 9.90 Å². The number of carboxylic acids is 1. The summed E-state index contributed by atoms with van der Waals surface area (Å²) in [5, 5.41) is 9.49. The minimum atomic E-state index is -1.19. The third-order valence-electron chi connectivity index (χ3n) is 1.30. The Morgan fingerprint density at radius 2 is 1.58 bits per heavy atom. The lowest BCUT2D eigenvalue weighted by Gasteiger charge is -2.20. The third kappa shape index (κ3) is 16.1. The Labute approximate surface area is 74.9 Å². The third-order valence-corrected chi connectivity index (χ3v) is 1.30. The second kappa shape index (κ2) is 5.77. The topological polar surface area (TPSA) is 40.1 Å². The summed E-state index contributed by atoms with van der Waals surface area (Å²) >= 11 is 0. The molecule has 0 fully saturated rings. The lowest BCUT2D eigenvalue weighted by Crippen LogP contribution is -2.33. The summed E-state index contributed by atoms with van der Waals surface area (Å²) in [5.74, 6) is -1.19. The van der Waals surface area contributed by atoms with Gasteiger partial charge >= 0.3 is 0 Å². The van der Waals surface area contributed by atoms with Crippen LogP contribution in [0.25, 0.3) is 0 Å². The number of carboxylic acid groups (broad SMARTS) is 1. The molecule has 0 radical (unpaired) electrons. The fraction of sp³-hybridized carbons (Fsp3) is 0.667. The molecule has 0 aromatic rings. The van der Waals surface area contributed by atoms with E-state index in [1.165, 1.54) is 13.5 Å². The maximum atomic E-state index is 9.49. The molecule has 3 heteroatoms. The molecule has 0 amide bonds. The van der Waals surface area contributed by atoms with Crippen LogP contribution in [0.3, 0.4) is 0 Å². The molecule has 12 heavy (non-hydrogen) atoms. The van der Waals surface area contributed by atoms with E-state index in [0.717, 1.165) is 4.48 Å². The van der Waals surface area contributed by atoms with Crippen LogP contribution >= 0.6 is 0 Å². The first-order valence-corrected chi connectivity index (χ1v) is 3.88. The van der Waals surface area contributed by atoms with Gasteiger partial charge in [-0.05, 0) is 19.4 Å². The number of carbonyl (C=O) groups is 1. The van der Waals surface area contributed by atoms with Gasteiger partial charge in [-0.15, -0.1) is 0 Å². The molecule has 0 N–H and O–H groups in total. The van der Waals surface area contributed by atoms with E-state index in [-0.39, 0.29) is 5.57 Å². The van der Waals surface area contributed by atoms with Crippen LogP contribution in [0.1, 0.15) is 13.8 Å². The van der Waals surface area contributed by atoms with Crippen LogP contribution < -0.4 is 5.11 Å². The van der Waals surface area contributed by atoms with Gasteiger partial charge in [0.05, 0.1) is 33.7 Å². The summed E-state index contributed by atoms with van der Waals surface area (Å²) in [6.07, 6.45) is 0. The Morgan fingerprint density at radius 1 is 1.42 bits per heavy atom. The summed E-state index contributed by atoms with van der Waals surface area (Å²) in [5.41, 5.74) is 0.0648. The second-order valence-electron chi connectivity index (χ2n) is 3.67. The highest BCUT2D eigenvalue weighted by molar-refractivity contribution is 5.82. The maximum Gasteiger partial charge on any atom is 0.0751 e. The fourth-order valence-electron chi connectivity index (χ4n) is 0. The molecule has 0 bridgehead atoms. The Bertz CT molecular complexity index is 144. The van der Waals surface area contributed by atoms with E-state index < -0.39 is 5.97 Å². The van der Waals surface area contributed by atoms with Crippen molar-refractivity contribution in [1.29, 1.82) is 0 Å². The lowest BCUT2D eigenvalue weighted by molar-refractivity contribution is -0.868. The number of aliphatic carboxylic acids is 1. The molecule has 0 rings (SSSR count). The molecule has 0 aliphatic heterocycles. The monoisotopic (exact) mass is 173 g/mol. The first-order chi connectivity index (χ1) is 5.20. The second-order valence-corrected chi connectivity index (χ2v) is 3.67. The highest BCUT2D eigenvalue weighted by Crippen LogP contribution is 1.83. The van der Waals surface area contributed by atoms with Gasteiger partial charge in [0, 0.05) is 0 Å². The fourth-order valence-corrected chi connectivity index (χ4v) is 0. The Hall–Kier alpha value is -0.830. The minimum Gasteiger partial charge on any atom is -0.545 e. The van der Waals surface area contributed by atoms with Crippen LogP contribution in [0.4, 0.5) is 0 Å². The molecule has 0 aliphatic carbocycles. The molecule has 0 saturated heterocycles. The minimum absolute atomic E-state index is 0.0648. The average Bonchev–Trinajstić information content (AvgIpc) is 1.87. The van der Waals surface area contributed by atoms with Crippen LogP contribution in [0, 0.1) is 0 Å². The molecule has 0 heterocycles. The zero-order valence-corrected chi connectivity index (χ0v) is 8.68. The van der Waals surface area contributed by atoms with Crippen molar-refractivity contribution >= 4 is 5.97 Å². The normalized spacial score (nSPS) is 9.75. The molecule has 3 nitrogen and oxygen atoms in total. The molecule has 0 atom stereocenters. The van der Waals surface area contributed by atoms with Crippen molar-refractivity contribution in [2.45, 2.75) is 13.8 Å². The lowest BCUT2D eigenvalue weighted by atomic mass is 10.4.